The molecule has 2 aliphatic heterocycles. The maximum absolute atomic E-state index is 12.9. The van der Waals surface area contributed by atoms with Crippen molar-refractivity contribution in [1.82, 2.24) is 0 Å². The zero-order valence-corrected chi connectivity index (χ0v) is 12.4. The molecule has 0 aliphatic carbocycles. The largest absolute Gasteiger partial charge is 0.398 e. The van der Waals surface area contributed by atoms with E-state index in [4.69, 9.17) is 5.73 Å². The number of hydrogen-bond acceptors (Lipinski definition) is 3. The zero-order valence-electron chi connectivity index (χ0n) is 11.6. The van der Waals surface area contributed by atoms with Crippen LogP contribution in [0, 0.1) is 0 Å². The van der Waals surface area contributed by atoms with E-state index in [1.165, 1.54) is 10.5 Å². The highest BCUT2D eigenvalue weighted by atomic mass is 32.2. The monoisotopic (exact) mass is 296 g/mol. The molecule has 0 radical (unpaired) electrons. The number of nitrogens with zero attached hydrogens (tertiary/aromatic N) is 1. The predicted octanol–water partition coefficient (Wildman–Crippen LogP) is 2.87. The summed E-state index contributed by atoms with van der Waals surface area (Å²) in [5, 5.41) is -0.00483. The van der Waals surface area contributed by atoms with Crippen LogP contribution in [-0.4, -0.2) is 17.7 Å². The number of rotatable bonds is 1. The second-order valence-electron chi connectivity index (χ2n) is 5.50. The van der Waals surface area contributed by atoms with Crippen LogP contribution in [0.4, 0.5) is 11.4 Å². The van der Waals surface area contributed by atoms with Gasteiger partial charge in [0.15, 0.2) is 0 Å². The third-order valence-corrected chi connectivity index (χ3v) is 5.56. The molecule has 2 aromatic carbocycles. The summed E-state index contributed by atoms with van der Waals surface area (Å²) >= 11 is 1.69. The lowest BCUT2D eigenvalue weighted by Gasteiger charge is -2.21. The molecule has 1 atom stereocenters. The number of benzene rings is 2. The summed E-state index contributed by atoms with van der Waals surface area (Å²) in [5.41, 5.74) is 10.2. The molecule has 0 bridgehead atoms. The fourth-order valence-electron chi connectivity index (χ4n) is 3.18. The van der Waals surface area contributed by atoms with Crippen LogP contribution >= 0.6 is 11.8 Å². The molecule has 1 unspecified atom stereocenters. The first-order valence-corrected chi connectivity index (χ1v) is 8.05. The van der Waals surface area contributed by atoms with Gasteiger partial charge in [0.1, 0.15) is 0 Å². The first-order valence-electron chi connectivity index (χ1n) is 7.17. The molecule has 0 saturated heterocycles. The number of nitrogens with two attached hydrogens (primary N) is 1. The van der Waals surface area contributed by atoms with Crippen molar-refractivity contribution in [2.75, 3.05) is 17.2 Å². The molecule has 2 heterocycles. The number of fused-ring (bicyclic) bond motifs is 2. The maximum atomic E-state index is 12.9. The minimum absolute atomic E-state index is 0.00483. The smallest absolute Gasteiger partial charge is 0.240 e. The van der Waals surface area contributed by atoms with Crippen molar-refractivity contribution >= 4 is 29.0 Å². The third kappa shape index (κ3) is 2.02. The SMILES string of the molecule is Nc1cccc2c1CCN2C(=O)C1Cc2ccccc2S1. The quantitative estimate of drug-likeness (QED) is 0.823. The first-order chi connectivity index (χ1) is 10.2. The number of anilines is 2. The van der Waals surface area contributed by atoms with Crippen molar-refractivity contribution in [3.8, 4) is 0 Å². The third-order valence-electron chi connectivity index (χ3n) is 4.25. The van der Waals surface area contributed by atoms with Gasteiger partial charge in [-0.05, 0) is 36.6 Å². The Hall–Kier alpha value is -1.94. The Morgan fingerprint density at radius 1 is 1.19 bits per heavy atom. The van der Waals surface area contributed by atoms with E-state index in [2.05, 4.69) is 12.1 Å². The van der Waals surface area contributed by atoms with Crippen LogP contribution in [-0.2, 0) is 17.6 Å². The Balaban J connectivity index is 1.60. The molecule has 0 saturated carbocycles. The molecular formula is C17H16N2OS. The molecule has 1 amide bonds. The van der Waals surface area contributed by atoms with Gasteiger partial charge in [0.25, 0.3) is 0 Å². The fourth-order valence-corrected chi connectivity index (χ4v) is 4.44. The topological polar surface area (TPSA) is 46.3 Å². The van der Waals surface area contributed by atoms with Crippen LogP contribution in [0.2, 0.25) is 0 Å². The highest BCUT2D eigenvalue weighted by Crippen LogP contribution is 2.40. The summed E-state index contributed by atoms with van der Waals surface area (Å²) in [6.07, 6.45) is 1.69. The lowest BCUT2D eigenvalue weighted by atomic mass is 10.1. The molecule has 3 nitrogen and oxygen atoms in total. The molecule has 2 aromatic rings. The molecule has 0 spiro atoms. The van der Waals surface area contributed by atoms with E-state index in [0.717, 1.165) is 36.3 Å². The van der Waals surface area contributed by atoms with Crippen LogP contribution < -0.4 is 10.6 Å². The van der Waals surface area contributed by atoms with E-state index in [9.17, 15) is 4.79 Å². The summed E-state index contributed by atoms with van der Waals surface area (Å²) in [6.45, 7) is 0.746. The van der Waals surface area contributed by atoms with Crippen LogP contribution in [0.25, 0.3) is 0 Å². The van der Waals surface area contributed by atoms with Crippen LogP contribution in [0.15, 0.2) is 47.4 Å². The van der Waals surface area contributed by atoms with Crippen LogP contribution in [0.1, 0.15) is 11.1 Å². The molecule has 4 rings (SSSR count). The van der Waals surface area contributed by atoms with Crippen LogP contribution in [0.3, 0.4) is 0 Å². The van der Waals surface area contributed by atoms with Gasteiger partial charge < -0.3 is 10.6 Å². The molecule has 4 heteroatoms. The van der Waals surface area contributed by atoms with Gasteiger partial charge in [0, 0.05) is 28.4 Å². The lowest BCUT2D eigenvalue weighted by Crippen LogP contribution is -2.36. The van der Waals surface area contributed by atoms with Crippen molar-refractivity contribution in [2.24, 2.45) is 0 Å². The number of carbonyl (C=O) groups excluding carboxylic acids is 1. The first kappa shape index (κ1) is 12.8. The molecule has 0 fully saturated rings. The molecule has 2 N–H and O–H groups in total. The fraction of sp³-hybridized carbons (Fsp3) is 0.235. The predicted molar refractivity (Wildman–Crippen MR) is 86.7 cm³/mol. The summed E-state index contributed by atoms with van der Waals surface area (Å²) in [6, 6.07) is 14.1. The summed E-state index contributed by atoms with van der Waals surface area (Å²) in [4.78, 5) is 16.0. The van der Waals surface area contributed by atoms with Gasteiger partial charge in [0.2, 0.25) is 5.91 Å². The second kappa shape index (κ2) is 4.81. The maximum Gasteiger partial charge on any atom is 0.240 e. The molecular weight excluding hydrogens is 280 g/mol. The lowest BCUT2D eigenvalue weighted by molar-refractivity contribution is -0.117. The summed E-state index contributed by atoms with van der Waals surface area (Å²) < 4.78 is 0. The van der Waals surface area contributed by atoms with Crippen molar-refractivity contribution in [3.63, 3.8) is 0 Å². The average molecular weight is 296 g/mol. The van der Waals surface area contributed by atoms with Crippen molar-refractivity contribution in [3.05, 3.63) is 53.6 Å². The van der Waals surface area contributed by atoms with Gasteiger partial charge in [-0.2, -0.15) is 0 Å². The van der Waals surface area contributed by atoms with E-state index in [1.807, 2.05) is 35.2 Å². The van der Waals surface area contributed by atoms with Gasteiger partial charge in [-0.3, -0.25) is 4.79 Å². The Morgan fingerprint density at radius 2 is 2.05 bits per heavy atom. The molecule has 2 aliphatic rings. The number of nitrogen functional groups attached to an aromatic ring is 1. The second-order valence-corrected chi connectivity index (χ2v) is 6.75. The number of carbonyl (C=O) groups is 1. The van der Waals surface area contributed by atoms with E-state index in [1.54, 1.807) is 11.8 Å². The van der Waals surface area contributed by atoms with Crippen LogP contribution in [0.5, 0.6) is 0 Å². The number of amides is 1. The minimum atomic E-state index is -0.00483. The Morgan fingerprint density at radius 3 is 2.90 bits per heavy atom. The van der Waals surface area contributed by atoms with Crippen molar-refractivity contribution in [2.45, 2.75) is 23.0 Å². The van der Waals surface area contributed by atoms with Gasteiger partial charge in [0.05, 0.1) is 5.25 Å². The van der Waals surface area contributed by atoms with Gasteiger partial charge in [-0.25, -0.2) is 0 Å². The Bertz CT molecular complexity index is 703. The highest BCUT2D eigenvalue weighted by molar-refractivity contribution is 8.01. The normalized spacial score (nSPS) is 19.4. The van der Waals surface area contributed by atoms with Gasteiger partial charge >= 0.3 is 0 Å². The molecule has 0 aromatic heterocycles. The summed E-state index contributed by atoms with van der Waals surface area (Å²) in [5.74, 6) is 0.209. The minimum Gasteiger partial charge on any atom is -0.398 e. The highest BCUT2D eigenvalue weighted by Gasteiger charge is 2.34. The van der Waals surface area contributed by atoms with Crippen molar-refractivity contribution < 1.29 is 4.79 Å². The average Bonchev–Trinajstić information content (AvgIpc) is 3.11. The van der Waals surface area contributed by atoms with Gasteiger partial charge in [-0.15, -0.1) is 11.8 Å². The van der Waals surface area contributed by atoms with Gasteiger partial charge in [-0.1, -0.05) is 24.3 Å². The van der Waals surface area contributed by atoms with E-state index in [-0.39, 0.29) is 11.2 Å². The summed E-state index contributed by atoms with van der Waals surface area (Å²) in [7, 11) is 0. The molecule has 106 valence electrons. The number of hydrogen-bond donors (Lipinski definition) is 1. The molecule has 21 heavy (non-hydrogen) atoms. The van der Waals surface area contributed by atoms with E-state index in [0.29, 0.717) is 0 Å². The Labute approximate surface area is 128 Å². The van der Waals surface area contributed by atoms with E-state index >= 15 is 0 Å². The Kier molecular flexibility index (Phi) is 2.93. The standard InChI is InChI=1S/C17H16N2OS/c18-13-5-3-6-14-12(13)8-9-19(14)17(20)16-10-11-4-1-2-7-15(11)21-16/h1-7,16H,8-10,18H2. The zero-order chi connectivity index (χ0) is 14.4. The van der Waals surface area contributed by atoms with Crippen molar-refractivity contribution in [1.29, 1.82) is 0 Å². The number of thioether (sulfide) groups is 1. The van der Waals surface area contributed by atoms with E-state index < -0.39 is 0 Å².